The summed E-state index contributed by atoms with van der Waals surface area (Å²) in [6.07, 6.45) is 10.8. The third-order valence-corrected chi connectivity index (χ3v) is 4.51. The van der Waals surface area contributed by atoms with Crippen LogP contribution < -0.4 is 0 Å². The number of ether oxygens (including phenoxy) is 1. The summed E-state index contributed by atoms with van der Waals surface area (Å²) in [7, 11) is 0. The first-order valence-electron chi connectivity index (χ1n) is 6.55. The van der Waals surface area contributed by atoms with Gasteiger partial charge in [0.05, 0.1) is 0 Å². The zero-order chi connectivity index (χ0) is 11.0. The molecule has 1 heterocycles. The molecule has 1 fully saturated rings. The van der Waals surface area contributed by atoms with Gasteiger partial charge in [0, 0.05) is 6.61 Å². The van der Waals surface area contributed by atoms with E-state index in [9.17, 15) is 0 Å². The molecule has 0 radical (unpaired) electrons. The van der Waals surface area contributed by atoms with Crippen molar-refractivity contribution >= 4 is 11.8 Å². The van der Waals surface area contributed by atoms with Crippen LogP contribution >= 0.6 is 11.8 Å². The number of unbranched alkanes of at least 4 members (excludes halogenated alkanes) is 5. The van der Waals surface area contributed by atoms with Gasteiger partial charge in [-0.2, -0.15) is 0 Å². The highest BCUT2D eigenvalue weighted by molar-refractivity contribution is 8.00. The van der Waals surface area contributed by atoms with Crippen LogP contribution in [0.15, 0.2) is 0 Å². The topological polar surface area (TPSA) is 9.23 Å². The summed E-state index contributed by atoms with van der Waals surface area (Å²) < 4.78 is 5.86. The molecule has 0 spiro atoms. The molecular weight excluding hydrogens is 204 g/mol. The molecule has 0 bridgehead atoms. The minimum atomic E-state index is 0.142. The summed E-state index contributed by atoms with van der Waals surface area (Å²) in [5.41, 5.74) is 0. The van der Waals surface area contributed by atoms with E-state index in [0.29, 0.717) is 0 Å². The average molecular weight is 230 g/mol. The van der Waals surface area contributed by atoms with Crippen molar-refractivity contribution < 1.29 is 4.74 Å². The first-order chi connectivity index (χ1) is 7.27. The van der Waals surface area contributed by atoms with E-state index in [4.69, 9.17) is 4.74 Å². The van der Waals surface area contributed by atoms with E-state index < -0.39 is 0 Å². The quantitative estimate of drug-likeness (QED) is 0.591. The van der Waals surface area contributed by atoms with Gasteiger partial charge in [0.15, 0.2) is 0 Å². The Morgan fingerprint density at radius 1 is 1.13 bits per heavy atom. The Balaban J connectivity index is 1.98. The SMILES string of the molecule is CCCCCCCCC1(C)OCCCS1. The Labute approximate surface area is 99.3 Å². The molecule has 1 nitrogen and oxygen atoms in total. The minimum absolute atomic E-state index is 0.142. The molecule has 1 aliphatic heterocycles. The Hall–Kier alpha value is 0.310. The van der Waals surface area contributed by atoms with Crippen LogP contribution in [-0.2, 0) is 4.74 Å². The van der Waals surface area contributed by atoms with Gasteiger partial charge in [-0.25, -0.2) is 0 Å². The highest BCUT2D eigenvalue weighted by Gasteiger charge is 2.27. The third kappa shape index (κ3) is 5.82. The van der Waals surface area contributed by atoms with Gasteiger partial charge >= 0.3 is 0 Å². The predicted molar refractivity (Wildman–Crippen MR) is 69.4 cm³/mol. The molecule has 15 heavy (non-hydrogen) atoms. The van der Waals surface area contributed by atoms with Crippen LogP contribution in [0.5, 0.6) is 0 Å². The first kappa shape index (κ1) is 13.4. The lowest BCUT2D eigenvalue weighted by Gasteiger charge is -2.33. The molecular formula is C13H26OS. The van der Waals surface area contributed by atoms with Crippen molar-refractivity contribution in [1.82, 2.24) is 0 Å². The van der Waals surface area contributed by atoms with Crippen LogP contribution in [0.25, 0.3) is 0 Å². The van der Waals surface area contributed by atoms with E-state index in [1.165, 1.54) is 57.1 Å². The van der Waals surface area contributed by atoms with Crippen molar-refractivity contribution in [3.8, 4) is 0 Å². The van der Waals surface area contributed by atoms with Gasteiger partial charge in [0.1, 0.15) is 4.93 Å². The van der Waals surface area contributed by atoms with Gasteiger partial charge in [0.2, 0.25) is 0 Å². The van der Waals surface area contributed by atoms with Crippen LogP contribution in [0.3, 0.4) is 0 Å². The molecule has 0 aliphatic carbocycles. The second kappa shape index (κ2) is 7.56. The van der Waals surface area contributed by atoms with Gasteiger partial charge in [-0.05, 0) is 31.9 Å². The molecule has 1 rings (SSSR count). The van der Waals surface area contributed by atoms with Crippen LogP contribution in [-0.4, -0.2) is 17.3 Å². The molecule has 0 aromatic heterocycles. The maximum Gasteiger partial charge on any atom is 0.110 e. The van der Waals surface area contributed by atoms with E-state index in [-0.39, 0.29) is 4.93 Å². The Bertz CT molecular complexity index is 153. The van der Waals surface area contributed by atoms with Gasteiger partial charge < -0.3 is 4.74 Å². The fraction of sp³-hybridized carbons (Fsp3) is 1.00. The molecule has 0 saturated carbocycles. The highest BCUT2D eigenvalue weighted by Crippen LogP contribution is 2.35. The zero-order valence-corrected chi connectivity index (χ0v) is 11.2. The maximum atomic E-state index is 5.86. The molecule has 1 saturated heterocycles. The van der Waals surface area contributed by atoms with E-state index in [1.54, 1.807) is 0 Å². The van der Waals surface area contributed by atoms with Gasteiger partial charge in [-0.1, -0.05) is 39.0 Å². The molecule has 1 atom stereocenters. The summed E-state index contributed by atoms with van der Waals surface area (Å²) in [5, 5.41) is 0. The van der Waals surface area contributed by atoms with Gasteiger partial charge in [-0.3, -0.25) is 0 Å². The second-order valence-corrected chi connectivity index (χ2v) is 6.26. The Morgan fingerprint density at radius 3 is 2.53 bits per heavy atom. The van der Waals surface area contributed by atoms with Crippen molar-refractivity contribution in [1.29, 1.82) is 0 Å². The molecule has 0 amide bonds. The van der Waals surface area contributed by atoms with E-state index in [1.807, 2.05) is 11.8 Å². The Kier molecular flexibility index (Phi) is 6.74. The van der Waals surface area contributed by atoms with E-state index >= 15 is 0 Å². The van der Waals surface area contributed by atoms with E-state index in [2.05, 4.69) is 13.8 Å². The fourth-order valence-electron chi connectivity index (χ4n) is 2.05. The number of rotatable bonds is 7. The number of hydrogen-bond acceptors (Lipinski definition) is 2. The molecule has 2 heteroatoms. The minimum Gasteiger partial charge on any atom is -0.365 e. The van der Waals surface area contributed by atoms with Crippen molar-refractivity contribution in [2.24, 2.45) is 0 Å². The summed E-state index contributed by atoms with van der Waals surface area (Å²) in [6, 6.07) is 0. The summed E-state index contributed by atoms with van der Waals surface area (Å²) in [6.45, 7) is 5.51. The zero-order valence-electron chi connectivity index (χ0n) is 10.4. The lowest BCUT2D eigenvalue weighted by atomic mass is 10.1. The van der Waals surface area contributed by atoms with Crippen molar-refractivity contribution in [2.75, 3.05) is 12.4 Å². The molecule has 0 aromatic carbocycles. The van der Waals surface area contributed by atoms with Crippen LogP contribution in [0.4, 0.5) is 0 Å². The standard InChI is InChI=1S/C13H26OS/c1-3-4-5-6-7-8-10-13(2)14-11-9-12-15-13/h3-12H2,1-2H3. The number of thioether (sulfide) groups is 1. The molecule has 1 aliphatic rings. The monoisotopic (exact) mass is 230 g/mol. The van der Waals surface area contributed by atoms with E-state index in [0.717, 1.165) is 6.61 Å². The van der Waals surface area contributed by atoms with Crippen molar-refractivity contribution in [3.05, 3.63) is 0 Å². The van der Waals surface area contributed by atoms with Crippen molar-refractivity contribution in [2.45, 2.75) is 70.1 Å². The lowest BCUT2D eigenvalue weighted by Crippen LogP contribution is -2.29. The summed E-state index contributed by atoms with van der Waals surface area (Å²) >= 11 is 2.01. The van der Waals surface area contributed by atoms with Crippen LogP contribution in [0.2, 0.25) is 0 Å². The maximum absolute atomic E-state index is 5.86. The highest BCUT2D eigenvalue weighted by atomic mass is 32.2. The largest absolute Gasteiger partial charge is 0.365 e. The molecule has 0 aromatic rings. The number of hydrogen-bond donors (Lipinski definition) is 0. The van der Waals surface area contributed by atoms with Gasteiger partial charge in [-0.15, -0.1) is 11.8 Å². The third-order valence-electron chi connectivity index (χ3n) is 3.09. The lowest BCUT2D eigenvalue weighted by molar-refractivity contribution is 0.0250. The van der Waals surface area contributed by atoms with Crippen LogP contribution in [0, 0.1) is 0 Å². The predicted octanol–water partition coefficient (Wildman–Crippen LogP) is 4.61. The first-order valence-corrected chi connectivity index (χ1v) is 7.53. The second-order valence-electron chi connectivity index (χ2n) is 4.70. The van der Waals surface area contributed by atoms with Crippen molar-refractivity contribution in [3.63, 3.8) is 0 Å². The smallest absolute Gasteiger partial charge is 0.110 e. The Morgan fingerprint density at radius 2 is 1.87 bits per heavy atom. The fourth-order valence-corrected chi connectivity index (χ4v) is 3.20. The summed E-state index contributed by atoms with van der Waals surface area (Å²) in [4.78, 5) is 0.142. The normalized spacial score (nSPS) is 26.8. The average Bonchev–Trinajstić information content (AvgIpc) is 2.24. The van der Waals surface area contributed by atoms with Gasteiger partial charge in [0.25, 0.3) is 0 Å². The van der Waals surface area contributed by atoms with Crippen LogP contribution in [0.1, 0.15) is 65.2 Å². The molecule has 0 N–H and O–H groups in total. The summed E-state index contributed by atoms with van der Waals surface area (Å²) in [5.74, 6) is 1.28. The molecule has 90 valence electrons. The molecule has 1 unspecified atom stereocenters.